The summed E-state index contributed by atoms with van der Waals surface area (Å²) in [5.74, 6) is 0.793. The summed E-state index contributed by atoms with van der Waals surface area (Å²) < 4.78 is 31.4. The molecule has 3 aromatic rings. The maximum atomic E-state index is 13.9. The quantitative estimate of drug-likeness (QED) is 0.489. The number of aryl methyl sites for hydroxylation is 1. The zero-order valence-corrected chi connectivity index (χ0v) is 21.7. The Kier molecular flexibility index (Phi) is 7.79. The van der Waals surface area contributed by atoms with Crippen molar-refractivity contribution >= 4 is 11.8 Å². The predicted molar refractivity (Wildman–Crippen MR) is 140 cm³/mol. The van der Waals surface area contributed by atoms with Crippen LogP contribution in [-0.2, 0) is 16.0 Å². The molecule has 0 N–H and O–H groups in total. The lowest BCUT2D eigenvalue weighted by Gasteiger charge is -2.43. The van der Waals surface area contributed by atoms with Gasteiger partial charge in [0.15, 0.2) is 11.4 Å². The summed E-state index contributed by atoms with van der Waals surface area (Å²) in [6.45, 7) is 4.06. The topological polar surface area (TPSA) is 72.2 Å². The third-order valence-corrected chi connectivity index (χ3v) is 7.35. The Balaban J connectivity index is 1.35. The number of benzene rings is 2. The number of halogens is 1. The van der Waals surface area contributed by atoms with Crippen molar-refractivity contribution in [1.82, 2.24) is 9.80 Å². The second kappa shape index (κ2) is 11.4. The maximum Gasteiger partial charge on any atom is 0.289 e. The third kappa shape index (κ3) is 5.45. The molecule has 1 atom stereocenters. The molecule has 1 spiro atoms. The molecule has 5 rings (SSSR count). The average Bonchev–Trinajstić information content (AvgIpc) is 3.44. The first-order chi connectivity index (χ1) is 18.5. The molecule has 1 saturated heterocycles. The van der Waals surface area contributed by atoms with E-state index >= 15 is 0 Å². The van der Waals surface area contributed by atoms with Gasteiger partial charge in [0, 0.05) is 18.7 Å². The first-order valence-corrected chi connectivity index (χ1v) is 13.3. The lowest BCUT2D eigenvalue weighted by atomic mass is 9.91. The van der Waals surface area contributed by atoms with Gasteiger partial charge in [-0.2, -0.15) is 0 Å². The summed E-state index contributed by atoms with van der Waals surface area (Å²) in [7, 11) is 0. The predicted octanol–water partition coefficient (Wildman–Crippen LogP) is 4.95. The smallest absolute Gasteiger partial charge is 0.289 e. The molecule has 3 heterocycles. The normalized spacial score (nSPS) is 20.8. The second-order valence-electron chi connectivity index (χ2n) is 9.79. The highest BCUT2D eigenvalue weighted by molar-refractivity contribution is 5.93. The van der Waals surface area contributed by atoms with Crippen LogP contribution in [0.15, 0.2) is 65.1 Å². The van der Waals surface area contributed by atoms with Crippen molar-refractivity contribution < 1.29 is 27.9 Å². The Morgan fingerprint density at radius 1 is 1.00 bits per heavy atom. The SMILES string of the molecule is CCN1CCOc2ccccc2CCCCC2(CN(C(=O)c3ccc(-c4ccc(F)cc4)o3)CCO2)C1=O. The van der Waals surface area contributed by atoms with E-state index in [4.69, 9.17) is 13.9 Å². The van der Waals surface area contributed by atoms with Crippen molar-refractivity contribution in [2.24, 2.45) is 0 Å². The van der Waals surface area contributed by atoms with E-state index in [0.29, 0.717) is 44.0 Å². The van der Waals surface area contributed by atoms with Gasteiger partial charge in [-0.25, -0.2) is 4.39 Å². The number of furan rings is 1. The number of para-hydroxylation sites is 1. The highest BCUT2D eigenvalue weighted by Crippen LogP contribution is 2.31. The Morgan fingerprint density at radius 2 is 1.82 bits per heavy atom. The fourth-order valence-corrected chi connectivity index (χ4v) is 5.26. The minimum absolute atomic E-state index is 0.110. The summed E-state index contributed by atoms with van der Waals surface area (Å²) in [4.78, 5) is 30.8. The summed E-state index contributed by atoms with van der Waals surface area (Å²) in [6, 6.07) is 17.3. The zero-order valence-electron chi connectivity index (χ0n) is 21.7. The number of rotatable bonds is 3. The van der Waals surface area contributed by atoms with Gasteiger partial charge < -0.3 is 23.7 Å². The van der Waals surface area contributed by atoms with Crippen LogP contribution in [0.5, 0.6) is 5.75 Å². The van der Waals surface area contributed by atoms with Crippen LogP contribution in [0.3, 0.4) is 0 Å². The molecule has 200 valence electrons. The standard InChI is InChI=1S/C30H33FN2O5/c1-2-32-17-19-36-25-9-4-3-7-22(25)8-5-6-16-30(29(32)35)21-33(18-20-37-30)28(34)27-15-14-26(38-27)23-10-12-24(31)13-11-23/h3-4,7,9-15H,2,5-6,8,16-21H2,1H3. The van der Waals surface area contributed by atoms with Crippen molar-refractivity contribution in [3.05, 3.63) is 77.8 Å². The Morgan fingerprint density at radius 3 is 2.63 bits per heavy atom. The van der Waals surface area contributed by atoms with Gasteiger partial charge in [0.1, 0.15) is 23.9 Å². The van der Waals surface area contributed by atoms with Gasteiger partial charge in [0.25, 0.3) is 11.8 Å². The molecular formula is C30H33FN2O5. The van der Waals surface area contributed by atoms with Crippen LogP contribution in [0, 0.1) is 5.82 Å². The van der Waals surface area contributed by atoms with E-state index < -0.39 is 5.60 Å². The molecule has 2 aromatic carbocycles. The van der Waals surface area contributed by atoms with E-state index in [1.807, 2.05) is 25.1 Å². The average molecular weight is 521 g/mol. The van der Waals surface area contributed by atoms with Gasteiger partial charge in [0.2, 0.25) is 0 Å². The highest BCUT2D eigenvalue weighted by atomic mass is 19.1. The molecule has 0 radical (unpaired) electrons. The van der Waals surface area contributed by atoms with Gasteiger partial charge in [-0.05, 0) is 80.6 Å². The molecule has 1 aromatic heterocycles. The molecule has 38 heavy (non-hydrogen) atoms. The van der Waals surface area contributed by atoms with Crippen LogP contribution in [0.1, 0.15) is 42.3 Å². The Bertz CT molecular complexity index is 1270. The van der Waals surface area contributed by atoms with Crippen LogP contribution in [-0.4, -0.2) is 66.6 Å². The number of nitrogens with zero attached hydrogens (tertiary/aromatic N) is 2. The number of hydrogen-bond acceptors (Lipinski definition) is 5. The monoisotopic (exact) mass is 520 g/mol. The molecule has 7 nitrogen and oxygen atoms in total. The van der Waals surface area contributed by atoms with Crippen LogP contribution in [0.2, 0.25) is 0 Å². The Labute approximate surface area is 222 Å². The largest absolute Gasteiger partial charge is 0.491 e. The fourth-order valence-electron chi connectivity index (χ4n) is 5.26. The molecule has 0 aliphatic carbocycles. The minimum Gasteiger partial charge on any atom is -0.491 e. The maximum absolute atomic E-state index is 13.9. The van der Waals surface area contributed by atoms with E-state index in [9.17, 15) is 14.0 Å². The first-order valence-electron chi connectivity index (χ1n) is 13.3. The molecular weight excluding hydrogens is 487 g/mol. The van der Waals surface area contributed by atoms with Gasteiger partial charge >= 0.3 is 0 Å². The van der Waals surface area contributed by atoms with Crippen molar-refractivity contribution in [2.45, 2.75) is 38.2 Å². The van der Waals surface area contributed by atoms with Crippen LogP contribution in [0.4, 0.5) is 4.39 Å². The molecule has 2 aliphatic heterocycles. The van der Waals surface area contributed by atoms with Crippen molar-refractivity contribution in [3.63, 3.8) is 0 Å². The number of morpholine rings is 1. The number of carbonyl (C=O) groups is 2. The lowest BCUT2D eigenvalue weighted by molar-refractivity contribution is -0.170. The number of likely N-dealkylation sites (N-methyl/N-ethyl adjacent to an activating group) is 1. The van der Waals surface area contributed by atoms with Crippen molar-refractivity contribution in [2.75, 3.05) is 39.4 Å². The minimum atomic E-state index is -1.12. The number of carbonyl (C=O) groups excluding carboxylic acids is 2. The van der Waals surface area contributed by atoms with E-state index in [0.717, 1.165) is 30.6 Å². The summed E-state index contributed by atoms with van der Waals surface area (Å²) in [6.07, 6.45) is 3.01. The summed E-state index contributed by atoms with van der Waals surface area (Å²) >= 11 is 0. The lowest BCUT2D eigenvalue weighted by Crippen LogP contribution is -2.62. The van der Waals surface area contributed by atoms with Gasteiger partial charge in [-0.1, -0.05) is 18.2 Å². The second-order valence-corrected chi connectivity index (χ2v) is 9.79. The summed E-state index contributed by atoms with van der Waals surface area (Å²) in [5.41, 5.74) is 0.725. The van der Waals surface area contributed by atoms with Gasteiger partial charge in [0.05, 0.1) is 19.7 Å². The van der Waals surface area contributed by atoms with Crippen LogP contribution < -0.4 is 4.74 Å². The van der Waals surface area contributed by atoms with E-state index in [2.05, 4.69) is 6.07 Å². The number of fused-ring (bicyclic) bond motifs is 1. The van der Waals surface area contributed by atoms with E-state index in [1.165, 1.54) is 12.1 Å². The van der Waals surface area contributed by atoms with E-state index in [-0.39, 0.29) is 36.5 Å². The zero-order chi connectivity index (χ0) is 26.5. The molecule has 0 saturated carbocycles. The van der Waals surface area contributed by atoms with E-state index in [1.54, 1.807) is 34.1 Å². The first kappa shape index (κ1) is 26.0. The molecule has 2 aliphatic rings. The number of ether oxygens (including phenoxy) is 2. The molecule has 1 fully saturated rings. The van der Waals surface area contributed by atoms with Crippen molar-refractivity contribution in [1.29, 1.82) is 0 Å². The fraction of sp³-hybridized carbons (Fsp3) is 0.400. The highest BCUT2D eigenvalue weighted by Gasteiger charge is 2.46. The molecule has 1 unspecified atom stereocenters. The van der Waals surface area contributed by atoms with Gasteiger partial charge in [-0.15, -0.1) is 0 Å². The number of hydrogen-bond donors (Lipinski definition) is 0. The van der Waals surface area contributed by atoms with Gasteiger partial charge in [-0.3, -0.25) is 9.59 Å². The third-order valence-electron chi connectivity index (χ3n) is 7.35. The molecule has 8 heteroatoms. The Hall–Kier alpha value is -3.65. The summed E-state index contributed by atoms with van der Waals surface area (Å²) in [5, 5.41) is 0. The van der Waals surface area contributed by atoms with Crippen LogP contribution >= 0.6 is 0 Å². The van der Waals surface area contributed by atoms with Crippen molar-refractivity contribution in [3.8, 4) is 17.1 Å². The molecule has 2 amide bonds. The van der Waals surface area contributed by atoms with Crippen LogP contribution in [0.25, 0.3) is 11.3 Å². The number of amides is 2. The molecule has 0 bridgehead atoms.